The lowest BCUT2D eigenvalue weighted by molar-refractivity contribution is -0.363. The predicted octanol–water partition coefficient (Wildman–Crippen LogP) is 21.3. The first kappa shape index (κ1) is 60.7. The summed E-state index contributed by atoms with van der Waals surface area (Å²) in [5.74, 6) is -4.59. The SMILES string of the molecule is F[B-]1(F)n2c(c3c(c2-c2ccc(C(F)(F)F)cc2)C2CCC3C(c3ccc(C(F)(F)F)cc3)=C2c2ccc(C(F)(F)F)cc2)C(c2ccccc2)=C2C3=C(C(c4ccc(C(F)(F)F)cc4)=[N+]21)C1CCC3C(c2ccc(C(F)(F)F)cc2)=C1c1ccc(C(F)(F)F)cc1. The molecule has 0 saturated heterocycles. The first-order chi connectivity index (χ1) is 43.2. The molecule has 92 heavy (non-hydrogen) atoms. The molecule has 4 bridgehead atoms. The number of nitrogens with zero attached hydrogens (tertiary/aromatic N) is 2. The van der Waals surface area contributed by atoms with Crippen molar-refractivity contribution in [3.8, 4) is 11.3 Å². The number of fused-ring (bicyclic) bond motifs is 4. The second kappa shape index (κ2) is 20.6. The lowest BCUT2D eigenvalue weighted by Crippen LogP contribution is -2.52. The first-order valence-electron chi connectivity index (χ1n) is 28.8. The summed E-state index contributed by atoms with van der Waals surface area (Å²) < 4.78 is 301. The van der Waals surface area contributed by atoms with Crippen LogP contribution in [0.5, 0.6) is 0 Å². The van der Waals surface area contributed by atoms with Crippen molar-refractivity contribution >= 4 is 40.5 Å². The number of aromatic nitrogens is 1. The fourth-order valence-electron chi connectivity index (χ4n) is 15.1. The lowest BCUT2D eigenvalue weighted by atomic mass is 9.59. The Morgan fingerprint density at radius 1 is 0.293 bits per heavy atom. The van der Waals surface area contributed by atoms with Crippen LogP contribution in [0.25, 0.3) is 39.1 Å². The quantitative estimate of drug-likeness (QED) is 0.111. The average molecular weight is 1290 g/mol. The molecule has 0 amide bonds. The highest BCUT2D eigenvalue weighted by Gasteiger charge is 2.64. The summed E-state index contributed by atoms with van der Waals surface area (Å²) in [7, 11) is 0. The summed E-state index contributed by atoms with van der Waals surface area (Å²) in [6.45, 7) is -5.63. The summed E-state index contributed by atoms with van der Waals surface area (Å²) >= 11 is 0. The molecule has 7 aromatic carbocycles. The summed E-state index contributed by atoms with van der Waals surface area (Å²) in [6.07, 6.45) is -29.2. The van der Waals surface area contributed by atoms with Crippen molar-refractivity contribution in [3.63, 3.8) is 0 Å². The molecule has 0 fully saturated rings. The van der Waals surface area contributed by atoms with Crippen LogP contribution in [0.1, 0.15) is 121 Å². The fourth-order valence-corrected chi connectivity index (χ4v) is 15.1. The molecule has 16 rings (SSSR count). The summed E-state index contributed by atoms with van der Waals surface area (Å²) in [6, 6.07) is 29.9. The van der Waals surface area contributed by atoms with Gasteiger partial charge in [-0.25, -0.2) is 0 Å². The third kappa shape index (κ3) is 9.58. The van der Waals surface area contributed by atoms with Gasteiger partial charge in [0, 0.05) is 51.8 Å². The van der Waals surface area contributed by atoms with Crippen molar-refractivity contribution in [3.05, 3.63) is 276 Å². The smallest absolute Gasteiger partial charge is 0.389 e. The van der Waals surface area contributed by atoms with E-state index < -0.39 is 101 Å². The molecule has 23 heteroatoms. The van der Waals surface area contributed by atoms with Crippen LogP contribution in [0, 0.1) is 11.8 Å². The second-order valence-electron chi connectivity index (χ2n) is 23.6. The van der Waals surface area contributed by atoms with Gasteiger partial charge in [-0.05, 0) is 177 Å². The minimum Gasteiger partial charge on any atom is -0.389 e. The Labute approximate surface area is 509 Å². The molecule has 4 atom stereocenters. The van der Waals surface area contributed by atoms with Crippen LogP contribution in [0.2, 0.25) is 0 Å². The number of allylic oxidation sites excluding steroid dienone is 6. The maximum atomic E-state index is 20.3. The Morgan fingerprint density at radius 3 is 0.913 bits per heavy atom. The monoisotopic (exact) mass is 1290 g/mol. The van der Waals surface area contributed by atoms with Gasteiger partial charge in [0.2, 0.25) is 0 Å². The maximum absolute atomic E-state index is 20.3. The van der Waals surface area contributed by atoms with Crippen molar-refractivity contribution in [1.29, 1.82) is 0 Å². The molecule has 8 aromatic rings. The van der Waals surface area contributed by atoms with Gasteiger partial charge in [0.05, 0.1) is 39.0 Å². The zero-order chi connectivity index (χ0) is 65.3. The van der Waals surface area contributed by atoms with E-state index in [-0.39, 0.29) is 138 Å². The van der Waals surface area contributed by atoms with Gasteiger partial charge in [-0.15, -0.1) is 0 Å². The first-order valence-corrected chi connectivity index (χ1v) is 28.8. The van der Waals surface area contributed by atoms with Gasteiger partial charge < -0.3 is 17.6 Å². The number of hydrogen-bond donors (Lipinski definition) is 0. The fraction of sp³-hybridized carbons (Fsp3) is 0.203. The van der Waals surface area contributed by atoms with Crippen LogP contribution < -0.4 is 0 Å². The minimum absolute atomic E-state index is 0.00743. The highest BCUT2D eigenvalue weighted by Crippen LogP contribution is 2.67. The van der Waals surface area contributed by atoms with Gasteiger partial charge in [0.1, 0.15) is 0 Å². The Bertz CT molecular complexity index is 4490. The number of rotatable bonds is 7. The van der Waals surface area contributed by atoms with Gasteiger partial charge >= 0.3 is 44.0 Å². The van der Waals surface area contributed by atoms with Crippen molar-refractivity contribution in [1.82, 2.24) is 4.48 Å². The number of alkyl halides is 18. The number of benzene rings is 7. The highest BCUT2D eigenvalue weighted by molar-refractivity contribution is 6.59. The topological polar surface area (TPSA) is 7.94 Å². The number of hydrogen-bond acceptors (Lipinski definition) is 0. The van der Waals surface area contributed by atoms with E-state index in [1.807, 2.05) is 0 Å². The molecule has 470 valence electrons. The van der Waals surface area contributed by atoms with Crippen LogP contribution in [0.4, 0.5) is 87.7 Å². The van der Waals surface area contributed by atoms with E-state index in [4.69, 9.17) is 0 Å². The molecular weight excluding hydrogens is 1250 g/mol. The molecule has 3 heterocycles. The Morgan fingerprint density at radius 2 is 0.576 bits per heavy atom. The van der Waals surface area contributed by atoms with Crippen molar-refractivity contribution in [2.45, 2.75) is 74.6 Å². The molecule has 0 radical (unpaired) electrons. The van der Waals surface area contributed by atoms with Gasteiger partial charge in [-0.1, -0.05) is 91.0 Å². The maximum Gasteiger partial charge on any atom is 0.737 e. The second-order valence-corrected chi connectivity index (χ2v) is 23.6. The van der Waals surface area contributed by atoms with Crippen LogP contribution in [0.15, 0.2) is 193 Å². The van der Waals surface area contributed by atoms with Crippen molar-refractivity contribution < 1.29 is 92.1 Å². The Hall–Kier alpha value is -8.89. The zero-order valence-corrected chi connectivity index (χ0v) is 46.9. The highest BCUT2D eigenvalue weighted by atomic mass is 19.4. The van der Waals surface area contributed by atoms with E-state index in [9.17, 15) is 79.0 Å². The molecule has 6 aliphatic carbocycles. The van der Waals surface area contributed by atoms with E-state index in [2.05, 4.69) is 0 Å². The predicted molar refractivity (Wildman–Crippen MR) is 304 cm³/mol. The van der Waals surface area contributed by atoms with E-state index in [0.29, 0.717) is 33.2 Å². The molecule has 2 nitrogen and oxygen atoms in total. The molecule has 1 aromatic heterocycles. The van der Waals surface area contributed by atoms with Gasteiger partial charge in [-0.2, -0.15) is 79.0 Å². The van der Waals surface area contributed by atoms with E-state index >= 15 is 8.63 Å². The number of halogens is 20. The van der Waals surface area contributed by atoms with Gasteiger partial charge in [0.15, 0.2) is 11.4 Å². The molecule has 0 saturated carbocycles. The molecule has 0 spiro atoms. The van der Waals surface area contributed by atoms with Crippen LogP contribution in [-0.4, -0.2) is 21.6 Å². The Kier molecular flexibility index (Phi) is 13.6. The molecule has 2 aliphatic heterocycles. The third-order valence-corrected chi connectivity index (χ3v) is 18.6. The standard InChI is InChI=1S/C69H41BF20N2/c71-64(72,73)41-18-6-35(7-19-41)51-47-30-32-49(53(51)37-10-22-43(23-11-37)66(77,78)79)58-56(47)60(39-14-26-45(27-15-39)68(83,84)85)91-62(58)55(34-4-2-1-3-5-34)63-59-50-33-31-48(57(59)61(92(63)70(91,89)90)40-16-28-46(29-17-40)69(86,87)88)52(36-8-20-42(21-9-36)65(74,75)76)54(50)38-12-24-44(25-13-38)67(80,81)82/h1-29,47-50H,30-33H2. The molecule has 0 N–H and O–H groups in total. The summed E-state index contributed by atoms with van der Waals surface area (Å²) in [5.41, 5.74) is -6.40. The van der Waals surface area contributed by atoms with E-state index in [0.717, 1.165) is 121 Å². The average Bonchev–Trinajstić information content (AvgIpc) is 1.48. The van der Waals surface area contributed by atoms with Crippen molar-refractivity contribution in [2.24, 2.45) is 11.8 Å². The molecule has 4 unspecified atom stereocenters. The lowest BCUT2D eigenvalue weighted by Gasteiger charge is -2.43. The third-order valence-electron chi connectivity index (χ3n) is 18.6. The van der Waals surface area contributed by atoms with E-state index in [1.165, 1.54) is 0 Å². The van der Waals surface area contributed by atoms with Crippen molar-refractivity contribution in [2.75, 3.05) is 0 Å². The Balaban J connectivity index is 1.13. The summed E-state index contributed by atoms with van der Waals surface area (Å²) in [4.78, 5) is 0. The summed E-state index contributed by atoms with van der Waals surface area (Å²) in [5, 5.41) is 0. The normalized spacial score (nSPS) is 20.5. The van der Waals surface area contributed by atoms with E-state index in [1.54, 1.807) is 30.3 Å². The van der Waals surface area contributed by atoms with Crippen LogP contribution in [-0.2, 0) is 37.1 Å². The van der Waals surface area contributed by atoms with Crippen LogP contribution >= 0.6 is 0 Å². The molecular formula is C69H41BF20N2. The minimum atomic E-state index is -5.63. The zero-order valence-electron chi connectivity index (χ0n) is 46.9. The largest absolute Gasteiger partial charge is 0.737 e. The van der Waals surface area contributed by atoms with Crippen LogP contribution in [0.3, 0.4) is 0 Å². The van der Waals surface area contributed by atoms with Gasteiger partial charge in [-0.3, -0.25) is 0 Å². The van der Waals surface area contributed by atoms with Gasteiger partial charge in [0.25, 0.3) is 0 Å². The molecule has 8 aliphatic rings.